The first-order valence-corrected chi connectivity index (χ1v) is 7.40. The fraction of sp³-hybridized carbons (Fsp3) is 0.353. The molecule has 2 aromatic rings. The number of hydrogen-bond acceptors (Lipinski definition) is 3. The molecular formula is C17H19N3O. The van der Waals surface area contributed by atoms with E-state index in [-0.39, 0.29) is 5.91 Å². The van der Waals surface area contributed by atoms with Crippen LogP contribution >= 0.6 is 0 Å². The van der Waals surface area contributed by atoms with Crippen molar-refractivity contribution < 1.29 is 4.79 Å². The predicted octanol–water partition coefficient (Wildman–Crippen LogP) is 2.43. The number of aromatic nitrogens is 2. The van der Waals surface area contributed by atoms with Crippen molar-refractivity contribution >= 4 is 5.91 Å². The summed E-state index contributed by atoms with van der Waals surface area (Å²) in [6.45, 7) is 1.60. The Kier molecular flexibility index (Phi) is 4.24. The number of benzene rings is 1. The van der Waals surface area contributed by atoms with Crippen molar-refractivity contribution in [3.8, 4) is 0 Å². The molecule has 108 valence electrons. The van der Waals surface area contributed by atoms with Gasteiger partial charge in [0.05, 0.1) is 12.1 Å². The van der Waals surface area contributed by atoms with Crippen LogP contribution in [0.25, 0.3) is 0 Å². The first-order valence-electron chi connectivity index (χ1n) is 7.40. The van der Waals surface area contributed by atoms with E-state index in [9.17, 15) is 4.79 Å². The van der Waals surface area contributed by atoms with Gasteiger partial charge in [0.15, 0.2) is 0 Å². The SMILES string of the molecule is O=C(Cc1ccccc1)N1CCCC(c2cnccn2)C1. The summed E-state index contributed by atoms with van der Waals surface area (Å²) < 4.78 is 0. The highest BCUT2D eigenvalue weighted by Gasteiger charge is 2.25. The van der Waals surface area contributed by atoms with Crippen LogP contribution in [0, 0.1) is 0 Å². The topological polar surface area (TPSA) is 46.1 Å². The van der Waals surface area contributed by atoms with Crippen LogP contribution in [-0.4, -0.2) is 33.9 Å². The van der Waals surface area contributed by atoms with Gasteiger partial charge < -0.3 is 4.90 Å². The Balaban J connectivity index is 1.64. The molecule has 0 saturated carbocycles. The third kappa shape index (κ3) is 3.45. The fourth-order valence-electron chi connectivity index (χ4n) is 2.85. The van der Waals surface area contributed by atoms with E-state index in [0.717, 1.165) is 37.2 Å². The molecule has 1 aromatic heterocycles. The Labute approximate surface area is 124 Å². The van der Waals surface area contributed by atoms with Gasteiger partial charge >= 0.3 is 0 Å². The summed E-state index contributed by atoms with van der Waals surface area (Å²) in [4.78, 5) is 22.9. The van der Waals surface area contributed by atoms with E-state index in [4.69, 9.17) is 0 Å². The monoisotopic (exact) mass is 281 g/mol. The molecule has 1 unspecified atom stereocenters. The van der Waals surface area contributed by atoms with Crippen molar-refractivity contribution in [2.24, 2.45) is 0 Å². The van der Waals surface area contributed by atoms with Crippen molar-refractivity contribution in [2.75, 3.05) is 13.1 Å². The number of hydrogen-bond donors (Lipinski definition) is 0. The molecule has 4 nitrogen and oxygen atoms in total. The van der Waals surface area contributed by atoms with Crippen molar-refractivity contribution in [3.63, 3.8) is 0 Å². The van der Waals surface area contributed by atoms with E-state index < -0.39 is 0 Å². The molecule has 0 radical (unpaired) electrons. The Morgan fingerprint density at radius 3 is 2.86 bits per heavy atom. The Morgan fingerprint density at radius 1 is 1.24 bits per heavy atom. The van der Waals surface area contributed by atoms with Crippen LogP contribution in [0.4, 0.5) is 0 Å². The molecule has 0 spiro atoms. The standard InChI is InChI=1S/C17H19N3O/c21-17(11-14-5-2-1-3-6-14)20-10-4-7-15(13-20)16-12-18-8-9-19-16/h1-3,5-6,8-9,12,15H,4,7,10-11,13H2. The molecule has 4 heteroatoms. The maximum absolute atomic E-state index is 12.4. The molecule has 21 heavy (non-hydrogen) atoms. The molecule has 1 fully saturated rings. The molecule has 1 atom stereocenters. The highest BCUT2D eigenvalue weighted by atomic mass is 16.2. The zero-order valence-electron chi connectivity index (χ0n) is 12.0. The maximum Gasteiger partial charge on any atom is 0.227 e. The van der Waals surface area contributed by atoms with Crippen LogP contribution in [0.3, 0.4) is 0 Å². The van der Waals surface area contributed by atoms with Crippen LogP contribution in [-0.2, 0) is 11.2 Å². The lowest BCUT2D eigenvalue weighted by Crippen LogP contribution is -2.40. The van der Waals surface area contributed by atoms with Crippen molar-refractivity contribution in [1.29, 1.82) is 0 Å². The summed E-state index contributed by atoms with van der Waals surface area (Å²) >= 11 is 0. The largest absolute Gasteiger partial charge is 0.342 e. The van der Waals surface area contributed by atoms with Gasteiger partial charge in [0.2, 0.25) is 5.91 Å². The smallest absolute Gasteiger partial charge is 0.227 e. The van der Waals surface area contributed by atoms with Gasteiger partial charge in [0.1, 0.15) is 0 Å². The average Bonchev–Trinajstić information content (AvgIpc) is 2.57. The minimum atomic E-state index is 0.204. The fourth-order valence-corrected chi connectivity index (χ4v) is 2.85. The molecule has 1 aliphatic rings. The van der Waals surface area contributed by atoms with Crippen molar-refractivity contribution in [3.05, 3.63) is 60.2 Å². The number of likely N-dealkylation sites (tertiary alicyclic amines) is 1. The molecule has 2 heterocycles. The zero-order valence-corrected chi connectivity index (χ0v) is 12.0. The number of piperidine rings is 1. The second-order valence-electron chi connectivity index (χ2n) is 5.47. The van der Waals surface area contributed by atoms with E-state index in [1.807, 2.05) is 41.4 Å². The molecule has 1 saturated heterocycles. The first kappa shape index (κ1) is 13.7. The van der Waals surface area contributed by atoms with Crippen LogP contribution in [0.2, 0.25) is 0 Å². The summed E-state index contributed by atoms with van der Waals surface area (Å²) in [5.74, 6) is 0.516. The lowest BCUT2D eigenvalue weighted by molar-refractivity contribution is -0.131. The Morgan fingerprint density at radius 2 is 2.10 bits per heavy atom. The molecule has 1 aliphatic heterocycles. The van der Waals surface area contributed by atoms with E-state index >= 15 is 0 Å². The third-order valence-corrected chi connectivity index (χ3v) is 3.97. The molecular weight excluding hydrogens is 262 g/mol. The number of nitrogens with zero attached hydrogens (tertiary/aromatic N) is 3. The lowest BCUT2D eigenvalue weighted by Gasteiger charge is -2.32. The number of carbonyl (C=O) groups excluding carboxylic acids is 1. The maximum atomic E-state index is 12.4. The van der Waals surface area contributed by atoms with Gasteiger partial charge in [-0.15, -0.1) is 0 Å². The first-order chi connectivity index (χ1) is 10.3. The van der Waals surface area contributed by atoms with Gasteiger partial charge in [0, 0.05) is 37.6 Å². The average molecular weight is 281 g/mol. The van der Waals surface area contributed by atoms with Gasteiger partial charge in [-0.25, -0.2) is 0 Å². The molecule has 0 aliphatic carbocycles. The van der Waals surface area contributed by atoms with Gasteiger partial charge in [0.25, 0.3) is 0 Å². The lowest BCUT2D eigenvalue weighted by atomic mass is 9.94. The normalized spacial score (nSPS) is 18.5. The molecule has 1 aromatic carbocycles. The predicted molar refractivity (Wildman–Crippen MR) is 80.7 cm³/mol. The van der Waals surface area contributed by atoms with E-state index in [2.05, 4.69) is 9.97 Å². The van der Waals surface area contributed by atoms with Gasteiger partial charge in [-0.3, -0.25) is 14.8 Å². The molecule has 1 amide bonds. The van der Waals surface area contributed by atoms with Crippen molar-refractivity contribution in [2.45, 2.75) is 25.2 Å². The zero-order chi connectivity index (χ0) is 14.5. The number of rotatable bonds is 3. The molecule has 3 rings (SSSR count). The van der Waals surface area contributed by atoms with Gasteiger partial charge in [-0.1, -0.05) is 30.3 Å². The second-order valence-corrected chi connectivity index (χ2v) is 5.47. The van der Waals surface area contributed by atoms with Crippen LogP contribution < -0.4 is 0 Å². The van der Waals surface area contributed by atoms with E-state index in [0.29, 0.717) is 12.3 Å². The van der Waals surface area contributed by atoms with Crippen molar-refractivity contribution in [1.82, 2.24) is 14.9 Å². The highest BCUT2D eigenvalue weighted by molar-refractivity contribution is 5.78. The summed E-state index contributed by atoms with van der Waals surface area (Å²) in [6, 6.07) is 9.92. The minimum absolute atomic E-state index is 0.204. The van der Waals surface area contributed by atoms with Crippen LogP contribution in [0.5, 0.6) is 0 Å². The Hall–Kier alpha value is -2.23. The minimum Gasteiger partial charge on any atom is -0.342 e. The van der Waals surface area contributed by atoms with Gasteiger partial charge in [-0.05, 0) is 18.4 Å². The quantitative estimate of drug-likeness (QED) is 0.868. The summed E-state index contributed by atoms with van der Waals surface area (Å²) in [7, 11) is 0. The van der Waals surface area contributed by atoms with Crippen LogP contribution in [0.1, 0.15) is 30.0 Å². The summed E-state index contributed by atoms with van der Waals surface area (Å²) in [5.41, 5.74) is 2.07. The summed E-state index contributed by atoms with van der Waals surface area (Å²) in [5, 5.41) is 0. The molecule has 0 bridgehead atoms. The summed E-state index contributed by atoms with van der Waals surface area (Å²) in [6.07, 6.45) is 7.81. The molecule has 0 N–H and O–H groups in total. The highest BCUT2D eigenvalue weighted by Crippen LogP contribution is 2.25. The van der Waals surface area contributed by atoms with E-state index in [1.54, 1.807) is 12.4 Å². The Bertz CT molecular complexity index is 585. The number of carbonyl (C=O) groups is 1. The second kappa shape index (κ2) is 6.48. The van der Waals surface area contributed by atoms with Gasteiger partial charge in [-0.2, -0.15) is 0 Å². The number of amides is 1. The van der Waals surface area contributed by atoms with Crippen LogP contribution in [0.15, 0.2) is 48.9 Å². The van der Waals surface area contributed by atoms with E-state index in [1.165, 1.54) is 0 Å². The third-order valence-electron chi connectivity index (χ3n) is 3.97.